The summed E-state index contributed by atoms with van der Waals surface area (Å²) in [5.41, 5.74) is 1.17. The fraction of sp³-hybridized carbons (Fsp3) is 0.562. The van der Waals surface area contributed by atoms with Crippen LogP contribution in [0.4, 0.5) is 0 Å². The Morgan fingerprint density at radius 2 is 2.14 bits per heavy atom. The number of amides is 1. The zero-order valence-electron chi connectivity index (χ0n) is 12.2. The van der Waals surface area contributed by atoms with E-state index in [1.54, 1.807) is 0 Å². The summed E-state index contributed by atoms with van der Waals surface area (Å²) in [5, 5.41) is 4.00. The molecule has 2 atom stereocenters. The van der Waals surface area contributed by atoms with Gasteiger partial charge in [-0.3, -0.25) is 4.79 Å². The van der Waals surface area contributed by atoms with E-state index in [2.05, 4.69) is 5.32 Å². The van der Waals surface area contributed by atoms with Crippen LogP contribution in [0.5, 0.6) is 0 Å². The average molecular weight is 330 g/mol. The summed E-state index contributed by atoms with van der Waals surface area (Å²) in [4.78, 5) is 11.0. The molecule has 1 aliphatic heterocycles. The van der Waals surface area contributed by atoms with Crippen LogP contribution in [0.2, 0.25) is 10.0 Å². The van der Waals surface area contributed by atoms with Crippen LogP contribution in [0.25, 0.3) is 0 Å². The maximum absolute atomic E-state index is 11.0. The Hall–Kier alpha value is -0.770. The summed E-state index contributed by atoms with van der Waals surface area (Å²) in [6, 6.07) is 5.81. The van der Waals surface area contributed by atoms with Crippen molar-refractivity contribution in [1.82, 2.24) is 5.32 Å². The van der Waals surface area contributed by atoms with Crippen LogP contribution in [-0.4, -0.2) is 25.2 Å². The zero-order chi connectivity index (χ0) is 15.2. The number of rotatable bonds is 4. The SMILES string of the molecule is CC(=O)NCC[C@@H]1OCCCC[C@H]1c1ccc(Cl)c(Cl)c1. The van der Waals surface area contributed by atoms with Gasteiger partial charge in [-0.1, -0.05) is 35.7 Å². The molecule has 1 heterocycles. The van der Waals surface area contributed by atoms with Gasteiger partial charge in [-0.05, 0) is 37.0 Å². The first-order valence-corrected chi connectivity index (χ1v) is 8.14. The number of halogens is 2. The molecule has 1 N–H and O–H groups in total. The molecule has 0 spiro atoms. The zero-order valence-corrected chi connectivity index (χ0v) is 13.7. The van der Waals surface area contributed by atoms with Crippen molar-refractivity contribution in [2.75, 3.05) is 13.2 Å². The highest BCUT2D eigenvalue weighted by atomic mass is 35.5. The second-order valence-electron chi connectivity index (χ2n) is 5.46. The molecule has 2 rings (SSSR count). The fourth-order valence-electron chi connectivity index (χ4n) is 2.80. The molecular formula is C16H21Cl2NO2. The molecule has 0 bridgehead atoms. The summed E-state index contributed by atoms with van der Waals surface area (Å²) in [7, 11) is 0. The smallest absolute Gasteiger partial charge is 0.216 e. The van der Waals surface area contributed by atoms with E-state index in [1.807, 2.05) is 18.2 Å². The summed E-state index contributed by atoms with van der Waals surface area (Å²) in [6.07, 6.45) is 4.21. The summed E-state index contributed by atoms with van der Waals surface area (Å²) in [5.74, 6) is 0.297. The molecule has 0 unspecified atom stereocenters. The van der Waals surface area contributed by atoms with Crippen LogP contribution >= 0.6 is 23.2 Å². The van der Waals surface area contributed by atoms with E-state index < -0.39 is 0 Å². The Balaban J connectivity index is 2.10. The largest absolute Gasteiger partial charge is 0.378 e. The highest BCUT2D eigenvalue weighted by Gasteiger charge is 2.26. The van der Waals surface area contributed by atoms with Gasteiger partial charge in [-0.25, -0.2) is 0 Å². The molecule has 0 radical (unpaired) electrons. The number of carbonyl (C=O) groups excluding carboxylic acids is 1. The molecule has 3 nitrogen and oxygen atoms in total. The first-order valence-electron chi connectivity index (χ1n) is 7.39. The Morgan fingerprint density at radius 3 is 2.86 bits per heavy atom. The van der Waals surface area contributed by atoms with Gasteiger partial charge in [-0.2, -0.15) is 0 Å². The van der Waals surface area contributed by atoms with E-state index in [9.17, 15) is 4.79 Å². The maximum Gasteiger partial charge on any atom is 0.216 e. The van der Waals surface area contributed by atoms with Gasteiger partial charge < -0.3 is 10.1 Å². The molecule has 1 aromatic rings. The minimum Gasteiger partial charge on any atom is -0.378 e. The third-order valence-corrected chi connectivity index (χ3v) is 4.60. The fourth-order valence-corrected chi connectivity index (χ4v) is 3.11. The third-order valence-electron chi connectivity index (χ3n) is 3.86. The monoisotopic (exact) mass is 329 g/mol. The second kappa shape index (κ2) is 8.02. The third kappa shape index (κ3) is 4.87. The molecule has 1 amide bonds. The second-order valence-corrected chi connectivity index (χ2v) is 6.27. The normalized spacial score (nSPS) is 22.6. The van der Waals surface area contributed by atoms with Crippen LogP contribution in [0.15, 0.2) is 18.2 Å². The van der Waals surface area contributed by atoms with Crippen molar-refractivity contribution in [2.24, 2.45) is 0 Å². The number of hydrogen-bond acceptors (Lipinski definition) is 2. The Kier molecular flexibility index (Phi) is 6.34. The van der Waals surface area contributed by atoms with Crippen molar-refractivity contribution in [2.45, 2.75) is 44.6 Å². The molecular weight excluding hydrogens is 309 g/mol. The van der Waals surface area contributed by atoms with E-state index in [4.69, 9.17) is 27.9 Å². The lowest BCUT2D eigenvalue weighted by Crippen LogP contribution is -2.29. The number of nitrogens with one attached hydrogen (secondary N) is 1. The number of ether oxygens (including phenoxy) is 1. The minimum atomic E-state index is -0.00490. The number of benzene rings is 1. The van der Waals surface area contributed by atoms with Gasteiger partial charge in [0.25, 0.3) is 0 Å². The van der Waals surface area contributed by atoms with Gasteiger partial charge in [-0.15, -0.1) is 0 Å². The van der Waals surface area contributed by atoms with E-state index in [-0.39, 0.29) is 12.0 Å². The molecule has 5 heteroatoms. The van der Waals surface area contributed by atoms with Crippen LogP contribution < -0.4 is 5.32 Å². The molecule has 1 saturated heterocycles. The lowest BCUT2D eigenvalue weighted by Gasteiger charge is -2.26. The summed E-state index contributed by atoms with van der Waals surface area (Å²) >= 11 is 12.1. The van der Waals surface area contributed by atoms with Crippen LogP contribution in [0.3, 0.4) is 0 Å². The predicted molar refractivity (Wildman–Crippen MR) is 86.1 cm³/mol. The Labute approximate surface area is 136 Å². The Bertz CT molecular complexity index is 493. The quantitative estimate of drug-likeness (QED) is 0.900. The van der Waals surface area contributed by atoms with Gasteiger partial charge in [0, 0.05) is 26.0 Å². The number of carbonyl (C=O) groups is 1. The average Bonchev–Trinajstić information content (AvgIpc) is 2.67. The van der Waals surface area contributed by atoms with Gasteiger partial charge in [0.15, 0.2) is 0 Å². The molecule has 116 valence electrons. The van der Waals surface area contributed by atoms with Crippen LogP contribution in [0.1, 0.15) is 44.1 Å². The van der Waals surface area contributed by atoms with Gasteiger partial charge in [0.1, 0.15) is 0 Å². The van der Waals surface area contributed by atoms with E-state index >= 15 is 0 Å². The van der Waals surface area contributed by atoms with Gasteiger partial charge >= 0.3 is 0 Å². The standard InChI is InChI=1S/C16H21Cl2NO2/c1-11(20)19-8-7-16-13(4-2-3-9-21-16)12-5-6-14(17)15(18)10-12/h5-6,10,13,16H,2-4,7-9H2,1H3,(H,19,20)/t13-,16-/m0/s1. The summed E-state index contributed by atoms with van der Waals surface area (Å²) < 4.78 is 5.99. The molecule has 21 heavy (non-hydrogen) atoms. The van der Waals surface area contributed by atoms with Crippen LogP contribution in [-0.2, 0) is 9.53 Å². The van der Waals surface area contributed by atoms with Gasteiger partial charge in [0.2, 0.25) is 5.91 Å². The molecule has 0 saturated carbocycles. The van der Waals surface area contributed by atoms with Crippen molar-refractivity contribution in [3.05, 3.63) is 33.8 Å². The molecule has 1 fully saturated rings. The molecule has 1 aliphatic rings. The highest BCUT2D eigenvalue weighted by molar-refractivity contribution is 6.42. The summed E-state index contributed by atoms with van der Waals surface area (Å²) in [6.45, 7) is 2.95. The van der Waals surface area contributed by atoms with Crippen molar-refractivity contribution >= 4 is 29.1 Å². The first-order chi connectivity index (χ1) is 10.1. The van der Waals surface area contributed by atoms with E-state index in [1.165, 1.54) is 12.5 Å². The highest BCUT2D eigenvalue weighted by Crippen LogP contribution is 2.35. The first kappa shape index (κ1) is 16.6. The van der Waals surface area contributed by atoms with Crippen molar-refractivity contribution in [1.29, 1.82) is 0 Å². The Morgan fingerprint density at radius 1 is 1.33 bits per heavy atom. The van der Waals surface area contributed by atoms with Gasteiger partial charge in [0.05, 0.1) is 16.1 Å². The van der Waals surface area contributed by atoms with Crippen LogP contribution in [0, 0.1) is 0 Å². The lowest BCUT2D eigenvalue weighted by atomic mass is 9.88. The number of hydrogen-bond donors (Lipinski definition) is 1. The van der Waals surface area contributed by atoms with E-state index in [0.29, 0.717) is 22.5 Å². The topological polar surface area (TPSA) is 38.3 Å². The molecule has 0 aliphatic carbocycles. The molecule has 0 aromatic heterocycles. The predicted octanol–water partition coefficient (Wildman–Crippen LogP) is 4.17. The van der Waals surface area contributed by atoms with Crippen molar-refractivity contribution < 1.29 is 9.53 Å². The minimum absolute atomic E-state index is 0.00490. The van der Waals surface area contributed by atoms with Crippen molar-refractivity contribution in [3.8, 4) is 0 Å². The van der Waals surface area contributed by atoms with Crippen molar-refractivity contribution in [3.63, 3.8) is 0 Å². The maximum atomic E-state index is 11.0. The lowest BCUT2D eigenvalue weighted by molar-refractivity contribution is -0.119. The molecule has 1 aromatic carbocycles. The van der Waals surface area contributed by atoms with E-state index in [0.717, 1.165) is 32.3 Å².